The predicted molar refractivity (Wildman–Crippen MR) is 130 cm³/mol. The van der Waals surface area contributed by atoms with Crippen LogP contribution in [0.25, 0.3) is 22.4 Å². The zero-order valence-corrected chi connectivity index (χ0v) is 21.4. The second-order valence-corrected chi connectivity index (χ2v) is 9.11. The summed E-state index contributed by atoms with van der Waals surface area (Å²) in [4.78, 5) is 4.55. The van der Waals surface area contributed by atoms with Crippen molar-refractivity contribution in [1.82, 2.24) is 4.98 Å². The van der Waals surface area contributed by atoms with Crippen LogP contribution in [0.2, 0.25) is 0 Å². The van der Waals surface area contributed by atoms with Gasteiger partial charge in [0.15, 0.2) is 0 Å². The number of nitrogens with zero attached hydrogens (tertiary/aromatic N) is 1. The average Bonchev–Trinajstić information content (AvgIpc) is 3.12. The molecule has 1 aromatic heterocycles. The fourth-order valence-electron chi connectivity index (χ4n) is 5.06. The van der Waals surface area contributed by atoms with E-state index in [-0.39, 0.29) is 26.0 Å². The van der Waals surface area contributed by atoms with Crippen molar-refractivity contribution in [3.63, 3.8) is 0 Å². The van der Waals surface area contributed by atoms with E-state index in [4.69, 9.17) is 0 Å². The zero-order valence-electron chi connectivity index (χ0n) is 19.0. The molecule has 32 heavy (non-hydrogen) atoms. The van der Waals surface area contributed by atoms with Crippen LogP contribution in [-0.4, -0.2) is 4.98 Å². The Kier molecular flexibility index (Phi) is 6.47. The second-order valence-electron chi connectivity index (χ2n) is 9.11. The summed E-state index contributed by atoms with van der Waals surface area (Å²) in [5.74, 6) is 1.19. The van der Waals surface area contributed by atoms with E-state index in [0.717, 1.165) is 11.3 Å². The molecule has 0 bridgehead atoms. The van der Waals surface area contributed by atoms with Crippen molar-refractivity contribution in [1.29, 1.82) is 0 Å². The van der Waals surface area contributed by atoms with Crippen molar-refractivity contribution in [2.24, 2.45) is 0 Å². The molecule has 1 aliphatic rings. The van der Waals surface area contributed by atoms with Crippen molar-refractivity contribution in [2.75, 3.05) is 0 Å². The molecular formula is C30H28IrN-. The third-order valence-electron chi connectivity index (χ3n) is 6.50. The number of pyridine rings is 1. The Balaban J connectivity index is 0.00000245. The van der Waals surface area contributed by atoms with Gasteiger partial charge in [-0.15, -0.1) is 29.3 Å². The molecule has 1 atom stereocenters. The molecule has 0 spiro atoms. The largest absolute Gasteiger partial charge is 0.305 e. The van der Waals surface area contributed by atoms with Gasteiger partial charge in [0.05, 0.1) is 0 Å². The Bertz CT molecular complexity index is 1210. The fraction of sp³-hybridized carbons (Fsp3) is 0.233. The molecule has 0 N–H and O–H groups in total. The summed E-state index contributed by atoms with van der Waals surface area (Å²) in [5, 5.41) is 0. The topological polar surface area (TPSA) is 12.9 Å². The second kappa shape index (κ2) is 9.14. The van der Waals surface area contributed by atoms with E-state index in [1.54, 1.807) is 0 Å². The quantitative estimate of drug-likeness (QED) is 0.193. The minimum atomic E-state index is 0. The van der Waals surface area contributed by atoms with E-state index < -0.39 is 0 Å². The van der Waals surface area contributed by atoms with E-state index in [0.29, 0.717) is 11.8 Å². The van der Waals surface area contributed by atoms with E-state index in [1.807, 2.05) is 18.3 Å². The minimum Gasteiger partial charge on any atom is -0.305 e. The molecule has 0 saturated heterocycles. The van der Waals surface area contributed by atoms with Crippen LogP contribution in [0.1, 0.15) is 73.3 Å². The van der Waals surface area contributed by atoms with Crippen LogP contribution < -0.4 is 0 Å². The average molecular weight is 595 g/mol. The van der Waals surface area contributed by atoms with Crippen molar-refractivity contribution in [3.05, 3.63) is 113 Å². The molecule has 5 rings (SSSR count). The minimum absolute atomic E-state index is 0. The van der Waals surface area contributed by atoms with Crippen LogP contribution in [0.5, 0.6) is 0 Å². The van der Waals surface area contributed by atoms with E-state index >= 15 is 0 Å². The maximum absolute atomic E-state index is 4.55. The molecule has 1 nitrogen and oxygen atoms in total. The first-order chi connectivity index (χ1) is 15.1. The maximum Gasteiger partial charge on any atom is 0.0160 e. The summed E-state index contributed by atoms with van der Waals surface area (Å²) in [6.45, 7) is 9.23. The number of fused-ring (bicyclic) bond motifs is 3. The summed E-state index contributed by atoms with van der Waals surface area (Å²) in [6.07, 6.45) is 1.85. The fourth-order valence-corrected chi connectivity index (χ4v) is 5.06. The van der Waals surface area contributed by atoms with Gasteiger partial charge in [0.25, 0.3) is 0 Å². The van der Waals surface area contributed by atoms with Crippen molar-refractivity contribution in [3.8, 4) is 22.4 Å². The number of aromatic nitrogens is 1. The third-order valence-corrected chi connectivity index (χ3v) is 6.50. The molecule has 0 saturated carbocycles. The van der Waals surface area contributed by atoms with E-state index in [9.17, 15) is 0 Å². The molecule has 1 heterocycles. The maximum atomic E-state index is 4.55. The zero-order chi connectivity index (χ0) is 21.5. The van der Waals surface area contributed by atoms with Crippen molar-refractivity contribution >= 4 is 0 Å². The summed E-state index contributed by atoms with van der Waals surface area (Å²) in [6, 6.07) is 29.9. The standard InChI is InChI=1S/C30H28N.Ir/c1-19(2)22-12-9-13-23(20(3)4)29(22)30-25-11-6-5-10-24(25)27-18-21(15-16-26(27)30)28-14-7-8-17-31-28;/h5-14,16-20,30H,1-4H3;/q-1;. The Hall–Kier alpha value is -2.54. The van der Waals surface area contributed by atoms with Crippen LogP contribution in [0.15, 0.2) is 79.0 Å². The van der Waals surface area contributed by atoms with Gasteiger partial charge in [0, 0.05) is 32.2 Å². The van der Waals surface area contributed by atoms with Gasteiger partial charge in [-0.25, -0.2) is 0 Å². The summed E-state index contributed by atoms with van der Waals surface area (Å²) in [5.41, 5.74) is 11.8. The summed E-state index contributed by atoms with van der Waals surface area (Å²) >= 11 is 0. The first-order valence-corrected chi connectivity index (χ1v) is 11.2. The summed E-state index contributed by atoms with van der Waals surface area (Å²) < 4.78 is 0. The molecule has 0 amide bonds. The number of hydrogen-bond acceptors (Lipinski definition) is 1. The van der Waals surface area contributed by atoms with E-state index in [1.165, 1.54) is 38.9 Å². The van der Waals surface area contributed by atoms with Crippen molar-refractivity contribution in [2.45, 2.75) is 45.4 Å². The molecule has 1 radical (unpaired) electrons. The van der Waals surface area contributed by atoms with Crippen LogP contribution >= 0.6 is 0 Å². The molecule has 3 aromatic carbocycles. The van der Waals surface area contributed by atoms with Crippen LogP contribution in [0, 0.1) is 6.07 Å². The Morgan fingerprint density at radius 3 is 2.09 bits per heavy atom. The Morgan fingerprint density at radius 1 is 0.750 bits per heavy atom. The van der Waals surface area contributed by atoms with E-state index in [2.05, 4.69) is 99.4 Å². The molecule has 1 aliphatic carbocycles. The smallest absolute Gasteiger partial charge is 0.0160 e. The Labute approximate surface area is 205 Å². The molecule has 1 unspecified atom stereocenters. The van der Waals surface area contributed by atoms with Crippen molar-refractivity contribution < 1.29 is 20.1 Å². The summed E-state index contributed by atoms with van der Waals surface area (Å²) in [7, 11) is 0. The van der Waals surface area contributed by atoms with Crippen LogP contribution in [-0.2, 0) is 20.1 Å². The molecular weight excluding hydrogens is 567 g/mol. The normalized spacial score (nSPS) is 14.2. The Morgan fingerprint density at radius 2 is 1.44 bits per heavy atom. The van der Waals surface area contributed by atoms with Gasteiger partial charge in [-0.05, 0) is 51.4 Å². The van der Waals surface area contributed by atoms with Gasteiger partial charge in [-0.3, -0.25) is 0 Å². The number of benzene rings is 3. The first kappa shape index (κ1) is 22.6. The monoisotopic (exact) mass is 595 g/mol. The van der Waals surface area contributed by atoms with Gasteiger partial charge >= 0.3 is 0 Å². The molecule has 4 aromatic rings. The molecule has 163 valence electrons. The number of rotatable bonds is 4. The van der Waals surface area contributed by atoms with Crippen LogP contribution in [0.3, 0.4) is 0 Å². The predicted octanol–water partition coefficient (Wildman–Crippen LogP) is 7.95. The van der Waals surface area contributed by atoms with Crippen LogP contribution in [0.4, 0.5) is 0 Å². The third kappa shape index (κ3) is 3.76. The van der Waals surface area contributed by atoms with Gasteiger partial charge in [0.1, 0.15) is 0 Å². The molecule has 0 fully saturated rings. The van der Waals surface area contributed by atoms with Gasteiger partial charge in [-0.2, -0.15) is 0 Å². The van der Waals surface area contributed by atoms with Gasteiger partial charge < -0.3 is 4.98 Å². The van der Waals surface area contributed by atoms with Gasteiger partial charge in [0.2, 0.25) is 0 Å². The first-order valence-electron chi connectivity index (χ1n) is 11.2. The molecule has 2 heteroatoms. The van der Waals surface area contributed by atoms with Gasteiger partial charge in [-0.1, -0.05) is 87.9 Å². The SMILES string of the molecule is CC(C)c1cccc(C(C)C)c1C1c2c[c-]c(-c3ccccn3)cc2-c2ccccc21.[Ir]. The number of hydrogen-bond donors (Lipinski definition) is 0. The molecule has 0 aliphatic heterocycles.